The third-order valence-corrected chi connectivity index (χ3v) is 19.9. The Morgan fingerprint density at radius 1 is 0.232 bits per heavy atom. The molecule has 0 saturated carbocycles. The number of hydrogen-bond acceptors (Lipinski definition) is 0. The molecule has 0 atom stereocenters. The summed E-state index contributed by atoms with van der Waals surface area (Å²) in [7, 11) is 0. The zero-order valence-corrected chi connectivity index (χ0v) is 43.9. The molecule has 4 aliphatic heterocycles. The highest BCUT2D eigenvalue weighted by molar-refractivity contribution is 6.93. The summed E-state index contributed by atoms with van der Waals surface area (Å²) in [5.41, 5.74) is 30.7. The molecule has 18 aromatic rings. The fraction of sp³-hybridized carbons (Fsp3) is 0. The van der Waals surface area contributed by atoms with Gasteiger partial charge in [-0.15, -0.1) is 0 Å². The van der Waals surface area contributed by atoms with Crippen LogP contribution in [0.15, 0.2) is 243 Å². The fourth-order valence-electron chi connectivity index (χ4n) is 17.3. The number of aromatic nitrogens is 6. The molecule has 0 bridgehead atoms. The van der Waals surface area contributed by atoms with Crippen LogP contribution in [0, 0.1) is 0 Å². The molecule has 6 nitrogen and oxygen atoms in total. The van der Waals surface area contributed by atoms with Crippen molar-refractivity contribution >= 4 is 156 Å². The van der Waals surface area contributed by atoms with Gasteiger partial charge >= 0.3 is 13.7 Å². The highest BCUT2D eigenvalue weighted by Crippen LogP contribution is 2.55. The number of para-hydroxylation sites is 10. The molecule has 12 aromatic carbocycles. The Morgan fingerprint density at radius 3 is 1.00 bits per heavy atom. The van der Waals surface area contributed by atoms with E-state index in [1.807, 2.05) is 0 Å². The monoisotopic (exact) mass is 1030 g/mol. The maximum absolute atomic E-state index is 2.83. The summed E-state index contributed by atoms with van der Waals surface area (Å²) in [5, 5.41) is 12.9. The van der Waals surface area contributed by atoms with Crippen molar-refractivity contribution in [1.82, 2.24) is 27.2 Å². The Labute approximate surface area is 467 Å². The van der Waals surface area contributed by atoms with E-state index in [1.165, 1.54) is 176 Å². The maximum Gasteiger partial charge on any atom is 0.333 e. The van der Waals surface area contributed by atoms with E-state index in [1.54, 1.807) is 0 Å². The topological polar surface area (TPSA) is 29.6 Å². The van der Waals surface area contributed by atoms with Gasteiger partial charge in [0.1, 0.15) is 0 Å². The Hall–Kier alpha value is -10.7. The van der Waals surface area contributed by atoms with Gasteiger partial charge in [-0.1, -0.05) is 182 Å². The normalized spacial score (nSPS) is 13.6. The van der Waals surface area contributed by atoms with Crippen molar-refractivity contribution in [3.8, 4) is 45.0 Å². The number of nitrogens with zero attached hydrogens (tertiary/aromatic N) is 6. The molecule has 0 aliphatic carbocycles. The summed E-state index contributed by atoms with van der Waals surface area (Å²) in [5.74, 6) is 0. The third kappa shape index (κ3) is 4.39. The zero-order chi connectivity index (χ0) is 52.5. The molecule has 82 heavy (non-hydrogen) atoms. The van der Waals surface area contributed by atoms with E-state index in [0.717, 1.165) is 11.4 Å². The lowest BCUT2D eigenvalue weighted by Gasteiger charge is -2.34. The van der Waals surface area contributed by atoms with Crippen molar-refractivity contribution in [2.75, 3.05) is 0 Å². The average molecular weight is 1030 g/mol. The van der Waals surface area contributed by atoms with Gasteiger partial charge in [0, 0.05) is 98.8 Å². The van der Waals surface area contributed by atoms with Gasteiger partial charge in [0.2, 0.25) is 0 Å². The molecule has 0 radical (unpaired) electrons. The summed E-state index contributed by atoms with van der Waals surface area (Å²) in [6, 6.07) is 92.0. The van der Waals surface area contributed by atoms with Crippen LogP contribution < -0.4 is 21.9 Å². The highest BCUT2D eigenvalue weighted by atomic mass is 15.1. The summed E-state index contributed by atoms with van der Waals surface area (Å²) in [6.07, 6.45) is 0. The van der Waals surface area contributed by atoms with E-state index in [9.17, 15) is 0 Å². The molecule has 22 rings (SSSR count). The van der Waals surface area contributed by atoms with E-state index >= 15 is 0 Å². The van der Waals surface area contributed by atoms with Gasteiger partial charge in [0.05, 0.1) is 55.2 Å². The van der Waals surface area contributed by atoms with Crippen LogP contribution >= 0.6 is 0 Å². The van der Waals surface area contributed by atoms with Crippen LogP contribution in [0.25, 0.3) is 165 Å². The Morgan fingerprint density at radius 2 is 0.573 bits per heavy atom. The Kier molecular flexibility index (Phi) is 7.06. The Bertz CT molecular complexity index is 5710. The van der Waals surface area contributed by atoms with Crippen molar-refractivity contribution in [2.24, 2.45) is 0 Å². The molecule has 0 unspecified atom stereocenters. The van der Waals surface area contributed by atoms with Gasteiger partial charge in [-0.05, 0) is 93.6 Å². The van der Waals surface area contributed by atoms with Crippen LogP contribution in [-0.2, 0) is 0 Å². The predicted molar refractivity (Wildman–Crippen MR) is 344 cm³/mol. The molecular weight excluding hydrogens is 994 g/mol. The Balaban J connectivity index is 0.982. The van der Waals surface area contributed by atoms with Crippen molar-refractivity contribution in [3.05, 3.63) is 243 Å². The van der Waals surface area contributed by atoms with Crippen molar-refractivity contribution in [2.45, 2.75) is 0 Å². The SMILES string of the molecule is c1ccc(-n2c3ccccc3c3c4c5c6c(c7ccccc7n6-c6ccccc6B5n5c6c-4cccc6c4c5c5cccc6c5n4B4c5ccccc5-n5c7ccccc7c7c5c4c-6c4c5ccccc5n(-c5ccccc5)c47)c32)cc1. The molecule has 10 heterocycles. The first-order chi connectivity index (χ1) is 40.8. The number of rotatable bonds is 2. The minimum absolute atomic E-state index is 0.141. The van der Waals surface area contributed by atoms with Gasteiger partial charge in [0.25, 0.3) is 0 Å². The van der Waals surface area contributed by atoms with E-state index in [0.29, 0.717) is 0 Å². The molecule has 372 valence electrons. The lowest BCUT2D eigenvalue weighted by Crippen LogP contribution is -2.55. The number of fused-ring (bicyclic) bond motifs is 31. The molecular formula is C74H40B2N6. The van der Waals surface area contributed by atoms with Gasteiger partial charge in [-0.25, -0.2) is 0 Å². The quantitative estimate of drug-likeness (QED) is 0.154. The van der Waals surface area contributed by atoms with Crippen LogP contribution in [-0.4, -0.2) is 40.9 Å². The summed E-state index contributed by atoms with van der Waals surface area (Å²) in [6.45, 7) is -0.282. The molecule has 0 spiro atoms. The van der Waals surface area contributed by atoms with Gasteiger partial charge < -0.3 is 27.2 Å². The van der Waals surface area contributed by atoms with Crippen LogP contribution in [0.3, 0.4) is 0 Å². The second kappa shape index (κ2) is 14.0. The molecule has 0 saturated heterocycles. The second-order valence-corrected chi connectivity index (χ2v) is 23.3. The van der Waals surface area contributed by atoms with Gasteiger partial charge in [-0.2, -0.15) is 0 Å². The summed E-state index contributed by atoms with van der Waals surface area (Å²) in [4.78, 5) is 0. The summed E-state index contributed by atoms with van der Waals surface area (Å²) < 4.78 is 16.1. The first kappa shape index (κ1) is 41.4. The van der Waals surface area contributed by atoms with E-state index in [-0.39, 0.29) is 13.7 Å². The first-order valence-electron chi connectivity index (χ1n) is 28.8. The summed E-state index contributed by atoms with van der Waals surface area (Å²) >= 11 is 0. The van der Waals surface area contributed by atoms with Crippen LogP contribution in [0.5, 0.6) is 0 Å². The first-order valence-corrected chi connectivity index (χ1v) is 28.8. The third-order valence-electron chi connectivity index (χ3n) is 19.9. The minimum atomic E-state index is -0.141. The molecule has 6 aromatic heterocycles. The molecule has 4 aliphatic rings. The van der Waals surface area contributed by atoms with Gasteiger partial charge in [-0.3, -0.25) is 0 Å². The smallest absolute Gasteiger partial charge is 0.333 e. The molecule has 0 N–H and O–H groups in total. The van der Waals surface area contributed by atoms with Crippen molar-refractivity contribution in [1.29, 1.82) is 0 Å². The molecule has 8 heteroatoms. The van der Waals surface area contributed by atoms with Crippen LogP contribution in [0.2, 0.25) is 0 Å². The van der Waals surface area contributed by atoms with E-state index < -0.39 is 0 Å². The lowest BCUT2D eigenvalue weighted by atomic mass is 9.45. The van der Waals surface area contributed by atoms with Crippen molar-refractivity contribution in [3.63, 3.8) is 0 Å². The zero-order valence-electron chi connectivity index (χ0n) is 43.9. The highest BCUT2D eigenvalue weighted by Gasteiger charge is 2.48. The maximum atomic E-state index is 2.83. The van der Waals surface area contributed by atoms with Crippen LogP contribution in [0.1, 0.15) is 0 Å². The second-order valence-electron chi connectivity index (χ2n) is 23.3. The predicted octanol–water partition coefficient (Wildman–Crippen LogP) is 15.0. The minimum Gasteiger partial charge on any atom is -0.374 e. The molecule has 0 fully saturated rings. The average Bonchev–Trinajstić information content (AvgIpc) is 1.52. The molecule has 0 amide bonds. The van der Waals surface area contributed by atoms with Gasteiger partial charge in [0.15, 0.2) is 0 Å². The van der Waals surface area contributed by atoms with Crippen LogP contribution in [0.4, 0.5) is 0 Å². The van der Waals surface area contributed by atoms with E-state index in [4.69, 9.17) is 0 Å². The number of benzene rings is 12. The largest absolute Gasteiger partial charge is 0.374 e. The number of hydrogen-bond donors (Lipinski definition) is 0. The standard InChI is InChI=1S/C74H40B2N6/c1-3-21-41(22-4-1)77-53-35-13-7-25-43(53)61-59-47-29-19-31-49-67(47)81(75-51-33-11-17-39-57(51)79-55-37-15-9-27-45(55)63(71(61)77)73(79)65(59)75)70-50-32-20-30-48-60-62-44-26-8-14-36-54(44)78(42-23-5-2-6-24-42)72(62)64-46-28-10-16-38-56(46)80-58-40-18-12-34-52(58)76(66(60)74(64)80)82(68(48)50)69(49)70/h1-40H. The lowest BCUT2D eigenvalue weighted by molar-refractivity contribution is 1.17. The fourth-order valence-corrected chi connectivity index (χ4v) is 17.3. The van der Waals surface area contributed by atoms with E-state index in [2.05, 4.69) is 270 Å². The van der Waals surface area contributed by atoms with Crippen molar-refractivity contribution < 1.29 is 0 Å².